The molecule has 6 heteroatoms. The molecule has 0 saturated heterocycles. The second-order valence-electron chi connectivity index (χ2n) is 2.83. The van der Waals surface area contributed by atoms with Gasteiger partial charge in [-0.15, -0.1) is 0 Å². The van der Waals surface area contributed by atoms with Crippen LogP contribution in [0.1, 0.15) is 23.0 Å². The van der Waals surface area contributed by atoms with Crippen molar-refractivity contribution in [1.82, 2.24) is 4.98 Å². The van der Waals surface area contributed by atoms with E-state index in [-0.39, 0.29) is 16.4 Å². The lowest BCUT2D eigenvalue weighted by atomic mass is 10.2. The molecule has 14 heavy (non-hydrogen) atoms. The first kappa shape index (κ1) is 11.1. The van der Waals surface area contributed by atoms with E-state index in [0.717, 1.165) is 6.07 Å². The summed E-state index contributed by atoms with van der Waals surface area (Å²) in [5.74, 6) is -0.225. The van der Waals surface area contributed by atoms with E-state index in [9.17, 15) is 13.2 Å². The first-order chi connectivity index (χ1) is 6.30. The third-order valence-corrected chi connectivity index (χ3v) is 2.77. The minimum absolute atomic E-state index is 0.225. The highest BCUT2D eigenvalue weighted by atomic mass is 35.7. The smallest absolute Gasteiger partial charge is 0.278 e. The number of pyridine rings is 1. The van der Waals surface area contributed by atoms with E-state index in [4.69, 9.17) is 10.7 Å². The highest BCUT2D eigenvalue weighted by molar-refractivity contribution is 8.13. The zero-order valence-electron chi connectivity index (χ0n) is 7.61. The number of ketones is 1. The van der Waals surface area contributed by atoms with Crippen molar-refractivity contribution in [2.24, 2.45) is 0 Å². The normalized spacial score (nSPS) is 11.4. The standard InChI is InChI=1S/C8H8ClNO3S/c1-5-3-7(6(2)11)4-8(10-5)14(9,12)13/h3-4H,1-2H3. The molecular weight excluding hydrogens is 226 g/mol. The van der Waals surface area contributed by atoms with Crippen molar-refractivity contribution >= 4 is 25.5 Å². The van der Waals surface area contributed by atoms with E-state index in [1.807, 2.05) is 0 Å². The van der Waals surface area contributed by atoms with Crippen LogP contribution in [0.25, 0.3) is 0 Å². The lowest BCUT2D eigenvalue weighted by Crippen LogP contribution is -2.01. The number of rotatable bonds is 2. The summed E-state index contributed by atoms with van der Waals surface area (Å²) in [6.45, 7) is 2.94. The Balaban J connectivity index is 3.43. The Labute approximate surface area is 86.3 Å². The number of halogens is 1. The van der Waals surface area contributed by atoms with Gasteiger partial charge in [0.05, 0.1) is 0 Å². The van der Waals surface area contributed by atoms with Gasteiger partial charge in [0.15, 0.2) is 10.8 Å². The molecule has 0 saturated carbocycles. The first-order valence-corrected chi connectivity index (χ1v) is 6.06. The highest BCUT2D eigenvalue weighted by Crippen LogP contribution is 2.15. The number of carbonyl (C=O) groups excluding carboxylic acids is 1. The number of Topliss-reactive ketones (excluding diaryl/α,β-unsaturated/α-hetero) is 1. The van der Waals surface area contributed by atoms with E-state index in [1.54, 1.807) is 6.92 Å². The maximum Gasteiger partial charge on any atom is 0.278 e. The van der Waals surface area contributed by atoms with E-state index in [0.29, 0.717) is 5.69 Å². The molecule has 0 aliphatic heterocycles. The Morgan fingerprint density at radius 2 is 2.00 bits per heavy atom. The summed E-state index contributed by atoms with van der Waals surface area (Å²) in [5, 5.41) is -0.288. The molecule has 1 aromatic rings. The third-order valence-electron chi connectivity index (χ3n) is 1.59. The van der Waals surface area contributed by atoms with Gasteiger partial charge in [0.25, 0.3) is 9.05 Å². The zero-order valence-corrected chi connectivity index (χ0v) is 9.19. The summed E-state index contributed by atoms with van der Waals surface area (Å²) in [6, 6.07) is 2.67. The number of carbonyl (C=O) groups is 1. The van der Waals surface area contributed by atoms with Crippen LogP contribution in [0, 0.1) is 6.92 Å². The Kier molecular flexibility index (Phi) is 2.92. The minimum atomic E-state index is -3.87. The van der Waals surface area contributed by atoms with Gasteiger partial charge in [-0.2, -0.15) is 0 Å². The average Bonchev–Trinajstić information content (AvgIpc) is 2.01. The quantitative estimate of drug-likeness (QED) is 0.574. The molecule has 4 nitrogen and oxygen atoms in total. The summed E-state index contributed by atoms with van der Waals surface area (Å²) < 4.78 is 21.9. The van der Waals surface area contributed by atoms with Gasteiger partial charge in [-0.3, -0.25) is 4.79 Å². The van der Waals surface area contributed by atoms with Crippen LogP contribution in [0.5, 0.6) is 0 Å². The van der Waals surface area contributed by atoms with Gasteiger partial charge >= 0.3 is 0 Å². The van der Waals surface area contributed by atoms with Crippen LogP contribution in [0.4, 0.5) is 0 Å². The van der Waals surface area contributed by atoms with Crippen molar-refractivity contribution < 1.29 is 13.2 Å². The summed E-state index contributed by atoms with van der Waals surface area (Å²) in [7, 11) is 1.23. The summed E-state index contributed by atoms with van der Waals surface area (Å²) in [6.07, 6.45) is 0. The van der Waals surface area contributed by atoms with Crippen LogP contribution >= 0.6 is 10.7 Å². The van der Waals surface area contributed by atoms with Crippen LogP contribution in [0.15, 0.2) is 17.2 Å². The van der Waals surface area contributed by atoms with Crippen LogP contribution in [-0.2, 0) is 9.05 Å². The fraction of sp³-hybridized carbons (Fsp3) is 0.250. The maximum atomic E-state index is 11.0. The molecule has 0 N–H and O–H groups in total. The first-order valence-electron chi connectivity index (χ1n) is 3.75. The lowest BCUT2D eigenvalue weighted by Gasteiger charge is -2.00. The highest BCUT2D eigenvalue weighted by Gasteiger charge is 2.14. The molecule has 0 fully saturated rings. The Morgan fingerprint density at radius 1 is 1.43 bits per heavy atom. The molecule has 1 heterocycles. The summed E-state index contributed by atoms with van der Waals surface area (Å²) in [5.41, 5.74) is 0.730. The van der Waals surface area contributed by atoms with E-state index in [1.165, 1.54) is 13.0 Å². The van der Waals surface area contributed by atoms with Gasteiger partial charge in [0.2, 0.25) is 0 Å². The van der Waals surface area contributed by atoms with Gasteiger partial charge in [0, 0.05) is 21.9 Å². The monoisotopic (exact) mass is 233 g/mol. The van der Waals surface area contributed by atoms with Crippen molar-refractivity contribution in [2.75, 3.05) is 0 Å². The fourth-order valence-electron chi connectivity index (χ4n) is 0.966. The minimum Gasteiger partial charge on any atom is -0.295 e. The number of aromatic nitrogens is 1. The Morgan fingerprint density at radius 3 is 2.43 bits per heavy atom. The van der Waals surface area contributed by atoms with Gasteiger partial charge in [-0.25, -0.2) is 13.4 Å². The predicted molar refractivity (Wildman–Crippen MR) is 52.0 cm³/mol. The van der Waals surface area contributed by atoms with Crippen LogP contribution in [0.3, 0.4) is 0 Å². The van der Waals surface area contributed by atoms with E-state index < -0.39 is 9.05 Å². The molecule has 0 radical (unpaired) electrons. The molecule has 1 rings (SSSR count). The van der Waals surface area contributed by atoms with Gasteiger partial charge < -0.3 is 0 Å². The molecule has 76 valence electrons. The molecular formula is C8H8ClNO3S. The molecule has 0 amide bonds. The predicted octanol–water partition coefficient (Wildman–Crippen LogP) is 1.52. The van der Waals surface area contributed by atoms with Crippen molar-refractivity contribution in [3.63, 3.8) is 0 Å². The molecule has 0 aromatic carbocycles. The number of aryl methyl sites for hydroxylation is 1. The van der Waals surface area contributed by atoms with Crippen LogP contribution in [-0.4, -0.2) is 19.2 Å². The Hall–Kier alpha value is -0.940. The molecule has 0 atom stereocenters. The van der Waals surface area contributed by atoms with Crippen LogP contribution < -0.4 is 0 Å². The largest absolute Gasteiger partial charge is 0.295 e. The van der Waals surface area contributed by atoms with Crippen molar-refractivity contribution in [1.29, 1.82) is 0 Å². The van der Waals surface area contributed by atoms with Crippen molar-refractivity contribution in [2.45, 2.75) is 18.9 Å². The van der Waals surface area contributed by atoms with Gasteiger partial charge in [-0.05, 0) is 26.0 Å². The molecule has 0 spiro atoms. The zero-order chi connectivity index (χ0) is 10.9. The van der Waals surface area contributed by atoms with Crippen molar-refractivity contribution in [3.8, 4) is 0 Å². The number of hydrogen-bond acceptors (Lipinski definition) is 4. The maximum absolute atomic E-state index is 11.0. The van der Waals surface area contributed by atoms with Gasteiger partial charge in [0.1, 0.15) is 0 Å². The van der Waals surface area contributed by atoms with Crippen molar-refractivity contribution in [3.05, 3.63) is 23.4 Å². The Bertz CT molecular complexity index is 481. The summed E-state index contributed by atoms with van der Waals surface area (Å²) >= 11 is 0. The topological polar surface area (TPSA) is 64.1 Å². The second-order valence-corrected chi connectivity index (χ2v) is 5.34. The molecule has 0 unspecified atom stereocenters. The number of hydrogen-bond donors (Lipinski definition) is 0. The second kappa shape index (κ2) is 3.67. The third kappa shape index (κ3) is 2.52. The molecule has 0 aliphatic carbocycles. The average molecular weight is 234 g/mol. The van der Waals surface area contributed by atoms with E-state index >= 15 is 0 Å². The van der Waals surface area contributed by atoms with E-state index in [2.05, 4.69) is 4.98 Å². The fourth-order valence-corrected chi connectivity index (χ4v) is 1.72. The molecule has 1 aromatic heterocycles. The van der Waals surface area contributed by atoms with Crippen LogP contribution in [0.2, 0.25) is 0 Å². The van der Waals surface area contributed by atoms with Gasteiger partial charge in [-0.1, -0.05) is 0 Å². The summed E-state index contributed by atoms with van der Waals surface area (Å²) in [4.78, 5) is 14.7. The lowest BCUT2D eigenvalue weighted by molar-refractivity contribution is 0.101. The number of nitrogens with zero attached hydrogens (tertiary/aromatic N) is 1. The SMILES string of the molecule is CC(=O)c1cc(C)nc(S(=O)(=O)Cl)c1. The molecule has 0 aliphatic rings. The molecule has 0 bridgehead atoms.